The van der Waals surface area contributed by atoms with Gasteiger partial charge in [0.15, 0.2) is 0 Å². The Morgan fingerprint density at radius 3 is 3.00 bits per heavy atom. The maximum atomic E-state index is 5.60. The van der Waals surface area contributed by atoms with Crippen molar-refractivity contribution >= 4 is 6.08 Å². The van der Waals surface area contributed by atoms with Gasteiger partial charge in [-0.2, -0.15) is 0 Å². The van der Waals surface area contributed by atoms with E-state index < -0.39 is 0 Å². The molecule has 0 aromatic heterocycles. The van der Waals surface area contributed by atoms with Crippen molar-refractivity contribution in [2.24, 2.45) is 0 Å². The minimum Gasteiger partial charge on any atom is -0.489 e. The summed E-state index contributed by atoms with van der Waals surface area (Å²) >= 11 is 0. The molecule has 0 saturated carbocycles. The van der Waals surface area contributed by atoms with Crippen molar-refractivity contribution in [2.75, 3.05) is 6.61 Å². The molecule has 0 unspecified atom stereocenters. The maximum Gasteiger partial charge on any atom is 0.127 e. The fraction of sp³-hybridized carbons (Fsp3) is 0.467. The zero-order chi connectivity index (χ0) is 11.2. The summed E-state index contributed by atoms with van der Waals surface area (Å²) in [5.74, 6) is 1.05. The van der Waals surface area contributed by atoms with Gasteiger partial charge in [0, 0.05) is 5.56 Å². The van der Waals surface area contributed by atoms with Crippen LogP contribution in [0.25, 0.3) is 6.08 Å². The Kier molecular flexibility index (Phi) is 4.03. The van der Waals surface area contributed by atoms with Crippen LogP contribution < -0.4 is 4.74 Å². The fourth-order valence-electron chi connectivity index (χ4n) is 2.07. The Hall–Kier alpha value is -1.24. The largest absolute Gasteiger partial charge is 0.489 e. The van der Waals surface area contributed by atoms with Crippen LogP contribution in [0.3, 0.4) is 0 Å². The van der Waals surface area contributed by atoms with Crippen molar-refractivity contribution in [1.82, 2.24) is 0 Å². The number of hydrogen-bond donors (Lipinski definition) is 0. The van der Waals surface area contributed by atoms with E-state index in [9.17, 15) is 0 Å². The molecule has 86 valence electrons. The van der Waals surface area contributed by atoms with Gasteiger partial charge in [-0.25, -0.2) is 0 Å². The summed E-state index contributed by atoms with van der Waals surface area (Å²) in [4.78, 5) is 0. The van der Waals surface area contributed by atoms with Crippen molar-refractivity contribution in [1.29, 1.82) is 0 Å². The average molecular weight is 216 g/mol. The van der Waals surface area contributed by atoms with Gasteiger partial charge in [-0.3, -0.25) is 0 Å². The standard InChI is InChI=1S/C15H20O/c1-2-3-4-5-7-13-9-10-14-8-6-11-16-15(14)12-13/h6,8-10,12H,2-5,7,11H2,1H3. The smallest absolute Gasteiger partial charge is 0.127 e. The lowest BCUT2D eigenvalue weighted by molar-refractivity contribution is 0.358. The first kappa shape index (κ1) is 11.3. The number of benzene rings is 1. The van der Waals surface area contributed by atoms with E-state index in [4.69, 9.17) is 4.74 Å². The van der Waals surface area contributed by atoms with Crippen LogP contribution in [0.15, 0.2) is 24.3 Å². The monoisotopic (exact) mass is 216 g/mol. The highest BCUT2D eigenvalue weighted by Gasteiger charge is 2.05. The minimum absolute atomic E-state index is 0.715. The van der Waals surface area contributed by atoms with Crippen molar-refractivity contribution < 1.29 is 4.74 Å². The van der Waals surface area contributed by atoms with Crippen molar-refractivity contribution in [3.05, 3.63) is 35.4 Å². The highest BCUT2D eigenvalue weighted by molar-refractivity contribution is 5.60. The van der Waals surface area contributed by atoms with Crippen molar-refractivity contribution in [3.63, 3.8) is 0 Å². The van der Waals surface area contributed by atoms with Crippen LogP contribution in [0.4, 0.5) is 0 Å². The Morgan fingerprint density at radius 2 is 2.12 bits per heavy atom. The first-order chi connectivity index (χ1) is 7.90. The number of rotatable bonds is 5. The quantitative estimate of drug-likeness (QED) is 0.670. The topological polar surface area (TPSA) is 9.23 Å². The Bertz CT molecular complexity index is 366. The van der Waals surface area contributed by atoms with E-state index in [1.165, 1.54) is 43.2 Å². The number of aryl methyl sites for hydroxylation is 1. The zero-order valence-electron chi connectivity index (χ0n) is 10.0. The van der Waals surface area contributed by atoms with Crippen LogP contribution in [-0.2, 0) is 6.42 Å². The first-order valence-electron chi connectivity index (χ1n) is 6.32. The normalized spacial score (nSPS) is 13.3. The second-order valence-corrected chi connectivity index (χ2v) is 4.40. The molecule has 0 saturated heterocycles. The molecular formula is C15H20O. The van der Waals surface area contributed by atoms with Gasteiger partial charge in [0.1, 0.15) is 12.4 Å². The zero-order valence-corrected chi connectivity index (χ0v) is 10.0. The molecule has 16 heavy (non-hydrogen) atoms. The van der Waals surface area contributed by atoms with Gasteiger partial charge >= 0.3 is 0 Å². The van der Waals surface area contributed by atoms with E-state index in [1.807, 2.05) is 0 Å². The summed E-state index contributed by atoms with van der Waals surface area (Å²) in [5.41, 5.74) is 2.62. The molecule has 0 fully saturated rings. The number of unbranched alkanes of at least 4 members (excludes halogenated alkanes) is 3. The maximum absolute atomic E-state index is 5.60. The number of hydrogen-bond acceptors (Lipinski definition) is 1. The van der Waals surface area contributed by atoms with E-state index in [0.717, 1.165) is 5.75 Å². The van der Waals surface area contributed by atoms with E-state index in [1.54, 1.807) is 0 Å². The van der Waals surface area contributed by atoms with E-state index in [2.05, 4.69) is 37.3 Å². The third kappa shape index (κ3) is 2.88. The third-order valence-electron chi connectivity index (χ3n) is 3.03. The molecule has 0 spiro atoms. The second-order valence-electron chi connectivity index (χ2n) is 4.40. The number of fused-ring (bicyclic) bond motifs is 1. The fourth-order valence-corrected chi connectivity index (χ4v) is 2.07. The summed E-state index contributed by atoms with van der Waals surface area (Å²) in [6, 6.07) is 6.59. The van der Waals surface area contributed by atoms with E-state index in [0.29, 0.717) is 6.61 Å². The highest BCUT2D eigenvalue weighted by atomic mass is 16.5. The number of ether oxygens (including phenoxy) is 1. The van der Waals surface area contributed by atoms with Gasteiger partial charge in [0.2, 0.25) is 0 Å². The molecule has 0 atom stereocenters. The summed E-state index contributed by atoms with van der Waals surface area (Å²) in [5, 5.41) is 0. The molecule has 0 amide bonds. The van der Waals surface area contributed by atoms with Gasteiger partial charge in [-0.15, -0.1) is 0 Å². The molecule has 1 aliphatic heterocycles. The first-order valence-corrected chi connectivity index (χ1v) is 6.32. The molecule has 0 N–H and O–H groups in total. The summed E-state index contributed by atoms with van der Waals surface area (Å²) in [7, 11) is 0. The van der Waals surface area contributed by atoms with Crippen LogP contribution >= 0.6 is 0 Å². The van der Waals surface area contributed by atoms with Crippen molar-refractivity contribution in [3.8, 4) is 5.75 Å². The Labute approximate surface area is 98.1 Å². The molecule has 1 heterocycles. The van der Waals surface area contributed by atoms with Gasteiger partial charge in [-0.05, 0) is 30.5 Å². The molecule has 0 aliphatic carbocycles. The molecular weight excluding hydrogens is 196 g/mol. The Morgan fingerprint density at radius 1 is 1.19 bits per heavy atom. The summed E-state index contributed by atoms with van der Waals surface area (Å²) in [6.07, 6.45) is 10.7. The van der Waals surface area contributed by atoms with Gasteiger partial charge < -0.3 is 4.74 Å². The highest BCUT2D eigenvalue weighted by Crippen LogP contribution is 2.25. The predicted molar refractivity (Wildman–Crippen MR) is 68.8 cm³/mol. The van der Waals surface area contributed by atoms with Gasteiger partial charge in [0.25, 0.3) is 0 Å². The molecule has 1 aromatic carbocycles. The van der Waals surface area contributed by atoms with Gasteiger partial charge in [0.05, 0.1) is 0 Å². The lowest BCUT2D eigenvalue weighted by Crippen LogP contribution is -2.00. The molecule has 0 bridgehead atoms. The average Bonchev–Trinajstić information content (AvgIpc) is 2.34. The van der Waals surface area contributed by atoms with Gasteiger partial charge in [-0.1, -0.05) is 44.4 Å². The Balaban J connectivity index is 1.93. The predicted octanol–water partition coefficient (Wildman–Crippen LogP) is 4.22. The van der Waals surface area contributed by atoms with Crippen LogP contribution in [0.2, 0.25) is 0 Å². The van der Waals surface area contributed by atoms with Crippen LogP contribution in [0.5, 0.6) is 5.75 Å². The second kappa shape index (κ2) is 5.74. The third-order valence-corrected chi connectivity index (χ3v) is 3.03. The van der Waals surface area contributed by atoms with E-state index >= 15 is 0 Å². The summed E-state index contributed by atoms with van der Waals surface area (Å²) in [6.45, 7) is 2.96. The SMILES string of the molecule is CCCCCCc1ccc2c(c1)OCC=C2. The van der Waals surface area contributed by atoms with E-state index in [-0.39, 0.29) is 0 Å². The lowest BCUT2D eigenvalue weighted by atomic mass is 10.0. The molecule has 1 aromatic rings. The minimum atomic E-state index is 0.715. The van der Waals surface area contributed by atoms with Crippen LogP contribution in [0, 0.1) is 0 Å². The van der Waals surface area contributed by atoms with Crippen LogP contribution in [0.1, 0.15) is 43.7 Å². The lowest BCUT2D eigenvalue weighted by Gasteiger charge is -2.13. The molecule has 1 nitrogen and oxygen atoms in total. The molecule has 1 heteroatoms. The molecule has 2 rings (SSSR count). The van der Waals surface area contributed by atoms with Crippen LogP contribution in [-0.4, -0.2) is 6.61 Å². The molecule has 0 radical (unpaired) electrons. The van der Waals surface area contributed by atoms with Crippen molar-refractivity contribution in [2.45, 2.75) is 39.0 Å². The summed E-state index contributed by atoms with van der Waals surface area (Å²) < 4.78 is 5.60. The molecule has 1 aliphatic rings.